The lowest BCUT2D eigenvalue weighted by molar-refractivity contribution is 1.73. The molecule has 0 nitrogen and oxygen atoms in total. The highest BCUT2D eigenvalue weighted by Gasteiger charge is 2.18. The van der Waals surface area contributed by atoms with E-state index in [2.05, 4.69) is 121 Å². The zero-order chi connectivity index (χ0) is 23.4. The molecule has 0 radical (unpaired) electrons. The molecule has 0 fully saturated rings. The third kappa shape index (κ3) is 2.20. The SMILES string of the molecule is c1cc2ccc3cccc4c(-c5ccc6c7cccc8cccc(c9cccc5c96)c87)cc(c1)c2c34. The van der Waals surface area contributed by atoms with Crippen LogP contribution in [0.3, 0.4) is 0 Å². The normalized spacial score (nSPS) is 12.4. The summed E-state index contributed by atoms with van der Waals surface area (Å²) in [5, 5.41) is 18.7. The highest BCUT2D eigenvalue weighted by molar-refractivity contribution is 6.35. The molecular weight excluding hydrogens is 432 g/mol. The molecule has 0 bridgehead atoms. The Morgan fingerprint density at radius 2 is 0.722 bits per heavy atom. The summed E-state index contributed by atoms with van der Waals surface area (Å²) in [6, 6.07) is 45.3. The Hall–Kier alpha value is -4.68. The number of fused-ring (bicyclic) bond motifs is 2. The minimum absolute atomic E-state index is 1.31. The number of rotatable bonds is 1. The molecule has 0 saturated carbocycles. The molecule has 9 rings (SSSR count). The number of hydrogen-bond donors (Lipinski definition) is 0. The second-order valence-electron chi connectivity index (χ2n) is 10.1. The van der Waals surface area contributed by atoms with Gasteiger partial charge in [-0.15, -0.1) is 0 Å². The molecule has 0 amide bonds. The van der Waals surface area contributed by atoms with Gasteiger partial charge < -0.3 is 0 Å². The second kappa shape index (κ2) is 6.50. The van der Waals surface area contributed by atoms with Crippen LogP contribution in [0.4, 0.5) is 0 Å². The van der Waals surface area contributed by atoms with Crippen molar-refractivity contribution in [2.24, 2.45) is 0 Å². The van der Waals surface area contributed by atoms with E-state index in [1.807, 2.05) is 0 Å². The van der Waals surface area contributed by atoms with E-state index in [1.54, 1.807) is 0 Å². The molecule has 36 heavy (non-hydrogen) atoms. The van der Waals surface area contributed by atoms with E-state index in [0.29, 0.717) is 0 Å². The van der Waals surface area contributed by atoms with Crippen molar-refractivity contribution in [2.45, 2.75) is 0 Å². The molecule has 9 aromatic rings. The molecular formula is C36H20. The fourth-order valence-corrected chi connectivity index (χ4v) is 6.87. The monoisotopic (exact) mass is 452 g/mol. The Balaban J connectivity index is 1.51. The molecule has 0 heteroatoms. The first-order valence-electron chi connectivity index (χ1n) is 12.6. The van der Waals surface area contributed by atoms with Crippen molar-refractivity contribution in [3.05, 3.63) is 121 Å². The van der Waals surface area contributed by atoms with Crippen molar-refractivity contribution in [3.8, 4) is 11.1 Å². The first-order chi connectivity index (χ1) is 17.9. The molecule has 0 unspecified atom stereocenters. The topological polar surface area (TPSA) is 0 Å². The van der Waals surface area contributed by atoms with Gasteiger partial charge in [-0.2, -0.15) is 0 Å². The van der Waals surface area contributed by atoms with Gasteiger partial charge in [-0.1, -0.05) is 115 Å². The fraction of sp³-hybridized carbons (Fsp3) is 0. The maximum absolute atomic E-state index is 2.41. The van der Waals surface area contributed by atoms with Crippen LogP contribution in [0.2, 0.25) is 0 Å². The third-order valence-electron chi connectivity index (χ3n) is 8.32. The van der Waals surface area contributed by atoms with Crippen LogP contribution in [-0.2, 0) is 0 Å². The highest BCUT2D eigenvalue weighted by atomic mass is 14.2. The Morgan fingerprint density at radius 3 is 1.44 bits per heavy atom. The molecule has 0 N–H and O–H groups in total. The summed E-state index contributed by atoms with van der Waals surface area (Å²) >= 11 is 0. The summed E-state index contributed by atoms with van der Waals surface area (Å²) in [6.07, 6.45) is 0. The van der Waals surface area contributed by atoms with E-state index in [0.717, 1.165) is 0 Å². The third-order valence-corrected chi connectivity index (χ3v) is 8.32. The summed E-state index contributed by atoms with van der Waals surface area (Å²) in [5.41, 5.74) is 2.62. The summed E-state index contributed by atoms with van der Waals surface area (Å²) < 4.78 is 0. The molecule has 164 valence electrons. The predicted molar refractivity (Wildman–Crippen MR) is 157 cm³/mol. The standard InChI is InChI=1S/C36H20/c1-6-22-16-17-23-9-4-13-30-32(20-24(10-1)33(22)35(23)30)25-18-19-31-28-12-3-8-21-7-2-11-27(34(21)28)29-15-5-14-26(25)36(29)31/h1-20H. The van der Waals surface area contributed by atoms with E-state index in [-0.39, 0.29) is 0 Å². The first-order valence-corrected chi connectivity index (χ1v) is 12.6. The average Bonchev–Trinajstić information content (AvgIpc) is 2.94. The van der Waals surface area contributed by atoms with E-state index in [4.69, 9.17) is 0 Å². The van der Waals surface area contributed by atoms with Crippen molar-refractivity contribution in [1.29, 1.82) is 0 Å². The molecule has 0 aliphatic carbocycles. The van der Waals surface area contributed by atoms with E-state index >= 15 is 0 Å². The minimum Gasteiger partial charge on any atom is -0.0610 e. The van der Waals surface area contributed by atoms with Gasteiger partial charge in [0.25, 0.3) is 0 Å². The summed E-state index contributed by atoms with van der Waals surface area (Å²) in [6.45, 7) is 0. The van der Waals surface area contributed by atoms with Gasteiger partial charge in [0, 0.05) is 0 Å². The van der Waals surface area contributed by atoms with Gasteiger partial charge in [0.2, 0.25) is 0 Å². The van der Waals surface area contributed by atoms with Crippen LogP contribution in [0.1, 0.15) is 0 Å². The summed E-state index contributed by atoms with van der Waals surface area (Å²) in [5.74, 6) is 0. The molecule has 0 aliphatic heterocycles. The lowest BCUT2D eigenvalue weighted by Crippen LogP contribution is -1.91. The van der Waals surface area contributed by atoms with Crippen molar-refractivity contribution < 1.29 is 0 Å². The lowest BCUT2D eigenvalue weighted by Gasteiger charge is -2.19. The molecule has 0 aromatic heterocycles. The maximum Gasteiger partial charge on any atom is -0.00201 e. The summed E-state index contributed by atoms with van der Waals surface area (Å²) in [7, 11) is 0. The van der Waals surface area contributed by atoms with Gasteiger partial charge in [0.1, 0.15) is 0 Å². The molecule has 0 saturated heterocycles. The van der Waals surface area contributed by atoms with Gasteiger partial charge in [0.05, 0.1) is 0 Å². The van der Waals surface area contributed by atoms with Gasteiger partial charge in [0.15, 0.2) is 0 Å². The lowest BCUT2D eigenvalue weighted by atomic mass is 9.84. The van der Waals surface area contributed by atoms with Gasteiger partial charge in [-0.3, -0.25) is 0 Å². The van der Waals surface area contributed by atoms with Crippen molar-refractivity contribution in [3.63, 3.8) is 0 Å². The zero-order valence-electron chi connectivity index (χ0n) is 19.5. The van der Waals surface area contributed by atoms with Crippen LogP contribution < -0.4 is 0 Å². The van der Waals surface area contributed by atoms with Crippen LogP contribution in [0.5, 0.6) is 0 Å². The zero-order valence-corrected chi connectivity index (χ0v) is 19.5. The Morgan fingerprint density at radius 1 is 0.250 bits per heavy atom. The Bertz CT molecular complexity index is 2250. The minimum atomic E-state index is 1.31. The fourth-order valence-electron chi connectivity index (χ4n) is 6.87. The number of benzene rings is 9. The summed E-state index contributed by atoms with van der Waals surface area (Å²) in [4.78, 5) is 0. The average molecular weight is 453 g/mol. The Kier molecular flexibility index (Phi) is 3.36. The van der Waals surface area contributed by atoms with Crippen LogP contribution in [0, 0.1) is 0 Å². The largest absolute Gasteiger partial charge is 0.0610 e. The van der Waals surface area contributed by atoms with Crippen molar-refractivity contribution in [2.75, 3.05) is 0 Å². The van der Waals surface area contributed by atoms with Gasteiger partial charge in [-0.25, -0.2) is 0 Å². The first kappa shape index (κ1) is 18.6. The molecule has 0 aliphatic rings. The highest BCUT2D eigenvalue weighted by Crippen LogP contribution is 2.46. The van der Waals surface area contributed by atoms with Gasteiger partial charge in [-0.05, 0) is 92.6 Å². The van der Waals surface area contributed by atoms with Crippen LogP contribution in [0.15, 0.2) is 121 Å². The Labute approximate surface area is 207 Å². The second-order valence-corrected chi connectivity index (χ2v) is 10.1. The smallest absolute Gasteiger partial charge is 0.00201 e. The van der Waals surface area contributed by atoms with Crippen molar-refractivity contribution >= 4 is 75.4 Å². The maximum atomic E-state index is 2.41. The van der Waals surface area contributed by atoms with Crippen LogP contribution in [-0.4, -0.2) is 0 Å². The number of hydrogen-bond acceptors (Lipinski definition) is 0. The van der Waals surface area contributed by atoms with Gasteiger partial charge >= 0.3 is 0 Å². The van der Waals surface area contributed by atoms with Crippen LogP contribution in [0.25, 0.3) is 86.5 Å². The van der Waals surface area contributed by atoms with E-state index in [1.165, 1.54) is 86.5 Å². The predicted octanol–water partition coefficient (Wildman–Crippen LogP) is 10.3. The van der Waals surface area contributed by atoms with Crippen LogP contribution >= 0.6 is 0 Å². The molecule has 0 heterocycles. The molecule has 0 spiro atoms. The van der Waals surface area contributed by atoms with E-state index in [9.17, 15) is 0 Å². The molecule has 9 aromatic carbocycles. The quantitative estimate of drug-likeness (QED) is 0.172. The van der Waals surface area contributed by atoms with E-state index < -0.39 is 0 Å². The van der Waals surface area contributed by atoms with Crippen molar-refractivity contribution in [1.82, 2.24) is 0 Å². The molecule has 0 atom stereocenters.